The van der Waals surface area contributed by atoms with Gasteiger partial charge in [-0.3, -0.25) is 0 Å². The number of ether oxygens (including phenoxy) is 1. The molecule has 3 aromatic heterocycles. The summed E-state index contributed by atoms with van der Waals surface area (Å²) in [5.41, 5.74) is 19.6. The fraction of sp³-hybridized carbons (Fsp3) is 0.154. The van der Waals surface area contributed by atoms with Crippen molar-refractivity contribution in [2.24, 2.45) is 0 Å². The zero-order chi connectivity index (χ0) is 39.6. The number of rotatable bonds is 10. The Bertz CT molecular complexity index is 2800. The van der Waals surface area contributed by atoms with Crippen molar-refractivity contribution in [2.45, 2.75) is 40.0 Å². The summed E-state index contributed by atoms with van der Waals surface area (Å²) in [4.78, 5) is 18.6. The van der Waals surface area contributed by atoms with Crippen molar-refractivity contribution in [2.75, 3.05) is 11.9 Å². The minimum absolute atomic E-state index is 0.703. The zero-order valence-corrected chi connectivity index (χ0v) is 34.7. The molecule has 0 spiro atoms. The summed E-state index contributed by atoms with van der Waals surface area (Å²) in [5.74, 6) is 0.868. The van der Waals surface area contributed by atoms with Crippen LogP contribution in [0.15, 0.2) is 121 Å². The molecule has 0 amide bonds. The highest BCUT2D eigenvalue weighted by Crippen LogP contribution is 2.39. The third-order valence-electron chi connectivity index (χ3n) is 11.0. The van der Waals surface area contributed by atoms with Crippen LogP contribution in [0.3, 0.4) is 0 Å². The average Bonchev–Trinajstić information content (AvgIpc) is 4.08. The number of unbranched alkanes of at least 4 members (excludes halogenated alkanes) is 2. The van der Waals surface area contributed by atoms with Crippen LogP contribution in [0.1, 0.15) is 58.7 Å². The number of aromatic nitrogens is 4. The van der Waals surface area contributed by atoms with Crippen LogP contribution < -0.4 is 4.74 Å². The van der Waals surface area contributed by atoms with Crippen molar-refractivity contribution in [1.82, 2.24) is 19.9 Å². The molecule has 0 saturated carbocycles. The van der Waals surface area contributed by atoms with E-state index in [1.165, 1.54) is 16.7 Å². The molecule has 0 aliphatic carbocycles. The molecule has 5 heterocycles. The molecule has 0 atom stereocenters. The lowest BCUT2D eigenvalue weighted by molar-refractivity contribution is 0.306. The van der Waals surface area contributed by atoms with Crippen LogP contribution in [0.25, 0.3) is 90.9 Å². The standard InChI is InChI=1S/C52H45BrN4O/c1-33-7-13-36(14-8-33)49-41-23-25-43(54-41)50(37-15-9-34(2)10-16-37)45-27-29-47(56-45)52(39-19-21-40(22-20-39)58-32-6-4-5-31-53)48-30-28-46(57-48)51(44-26-24-42(49)55-44)38-17-11-35(3)12-18-38/h7-30,54,57H,4-6,31-32H2,1-3H3. The molecule has 7 aromatic rings. The Morgan fingerprint density at radius 1 is 0.414 bits per heavy atom. The number of aryl methyl sites for hydroxylation is 3. The first-order valence-corrected chi connectivity index (χ1v) is 21.2. The van der Waals surface area contributed by atoms with Crippen molar-refractivity contribution < 1.29 is 4.74 Å². The van der Waals surface area contributed by atoms with E-state index in [1.54, 1.807) is 0 Å². The van der Waals surface area contributed by atoms with Gasteiger partial charge in [0.2, 0.25) is 0 Å². The Labute approximate surface area is 348 Å². The van der Waals surface area contributed by atoms with E-state index in [0.717, 1.165) is 120 Å². The van der Waals surface area contributed by atoms with E-state index in [4.69, 9.17) is 14.7 Å². The van der Waals surface area contributed by atoms with Gasteiger partial charge in [0.15, 0.2) is 0 Å². The van der Waals surface area contributed by atoms with E-state index in [9.17, 15) is 0 Å². The molecule has 0 saturated heterocycles. The summed E-state index contributed by atoms with van der Waals surface area (Å²) in [6.45, 7) is 7.07. The summed E-state index contributed by atoms with van der Waals surface area (Å²) in [5, 5.41) is 1.02. The van der Waals surface area contributed by atoms with Crippen LogP contribution in [0.5, 0.6) is 5.75 Å². The molecular weight excluding hydrogens is 777 g/mol. The lowest BCUT2D eigenvalue weighted by atomic mass is 10.0. The summed E-state index contributed by atoms with van der Waals surface area (Å²) < 4.78 is 6.16. The van der Waals surface area contributed by atoms with E-state index in [0.29, 0.717) is 6.61 Å². The number of nitrogens with one attached hydrogen (secondary N) is 2. The number of H-pyrrole nitrogens is 2. The SMILES string of the molecule is Cc1ccc(-c2c3nc(c(-c4ccc(C)cc4)c4ccc([nH]4)c(-c4ccc(OCCCCCBr)cc4)c4nc(c(-c5ccc(C)cc5)c5ccc2[nH]5)C=C4)C=C3)cc1. The van der Waals surface area contributed by atoms with E-state index in [1.807, 2.05) is 0 Å². The van der Waals surface area contributed by atoms with Crippen molar-refractivity contribution in [3.05, 3.63) is 161 Å². The molecule has 0 fully saturated rings. The van der Waals surface area contributed by atoms with Crippen LogP contribution in [-0.4, -0.2) is 31.9 Å². The van der Waals surface area contributed by atoms with Gasteiger partial charge in [-0.2, -0.15) is 0 Å². The van der Waals surface area contributed by atoms with Gasteiger partial charge < -0.3 is 14.7 Å². The Morgan fingerprint density at radius 3 is 1.07 bits per heavy atom. The van der Waals surface area contributed by atoms with Crippen LogP contribution in [0, 0.1) is 20.8 Å². The Balaban J connectivity index is 1.35. The maximum absolute atomic E-state index is 6.16. The number of fused-ring (bicyclic) bond motifs is 8. The van der Waals surface area contributed by atoms with Gasteiger partial charge in [-0.25, -0.2) is 9.97 Å². The summed E-state index contributed by atoms with van der Waals surface area (Å²) in [7, 11) is 0. The van der Waals surface area contributed by atoms with Crippen LogP contribution in [0.4, 0.5) is 0 Å². The van der Waals surface area contributed by atoms with E-state index < -0.39 is 0 Å². The first-order valence-electron chi connectivity index (χ1n) is 20.1. The van der Waals surface area contributed by atoms with Crippen LogP contribution in [0.2, 0.25) is 0 Å². The molecule has 58 heavy (non-hydrogen) atoms. The second-order valence-corrected chi connectivity index (χ2v) is 16.0. The van der Waals surface area contributed by atoms with Gasteiger partial charge in [-0.1, -0.05) is 118 Å². The zero-order valence-electron chi connectivity index (χ0n) is 33.1. The lowest BCUT2D eigenvalue weighted by Gasteiger charge is -2.09. The van der Waals surface area contributed by atoms with Gasteiger partial charge in [0, 0.05) is 49.7 Å². The molecule has 6 heteroatoms. The monoisotopic (exact) mass is 820 g/mol. The van der Waals surface area contributed by atoms with Crippen LogP contribution in [-0.2, 0) is 0 Å². The Hall–Kier alpha value is -6.24. The largest absolute Gasteiger partial charge is 0.494 e. The summed E-state index contributed by atoms with van der Waals surface area (Å²) >= 11 is 3.53. The highest BCUT2D eigenvalue weighted by Gasteiger charge is 2.19. The molecule has 0 radical (unpaired) electrons. The minimum atomic E-state index is 0.703. The predicted octanol–water partition coefficient (Wildman–Crippen LogP) is 14.2. The topological polar surface area (TPSA) is 66.6 Å². The number of halogens is 1. The summed E-state index contributed by atoms with van der Waals surface area (Å²) in [6, 6.07) is 43.3. The third kappa shape index (κ3) is 7.60. The maximum Gasteiger partial charge on any atom is 0.119 e. The molecule has 2 aliphatic heterocycles. The molecular formula is C52H45BrN4O. The molecule has 2 aliphatic rings. The highest BCUT2D eigenvalue weighted by atomic mass is 79.9. The van der Waals surface area contributed by atoms with Gasteiger partial charge >= 0.3 is 0 Å². The first-order chi connectivity index (χ1) is 28.4. The summed E-state index contributed by atoms with van der Waals surface area (Å²) in [6.07, 6.45) is 11.9. The first kappa shape index (κ1) is 37.3. The normalized spacial score (nSPS) is 12.0. The molecule has 8 bridgehead atoms. The minimum Gasteiger partial charge on any atom is -0.494 e. The fourth-order valence-corrected chi connectivity index (χ4v) is 8.26. The van der Waals surface area contributed by atoms with Crippen molar-refractivity contribution in [1.29, 1.82) is 0 Å². The second kappa shape index (κ2) is 16.3. The number of benzene rings is 4. The van der Waals surface area contributed by atoms with Crippen molar-refractivity contribution in [3.63, 3.8) is 0 Å². The molecule has 2 N–H and O–H groups in total. The van der Waals surface area contributed by atoms with Gasteiger partial charge in [0.05, 0.1) is 29.4 Å². The molecule has 286 valence electrons. The quantitative estimate of drug-likeness (QED) is 0.107. The second-order valence-electron chi connectivity index (χ2n) is 15.2. The van der Waals surface area contributed by atoms with E-state index in [2.05, 4.69) is 192 Å². The van der Waals surface area contributed by atoms with Gasteiger partial charge in [0.1, 0.15) is 5.75 Å². The number of aromatic amines is 2. The predicted molar refractivity (Wildman–Crippen MR) is 248 cm³/mol. The smallest absolute Gasteiger partial charge is 0.119 e. The number of nitrogens with zero attached hydrogens (tertiary/aromatic N) is 2. The van der Waals surface area contributed by atoms with E-state index >= 15 is 0 Å². The average molecular weight is 822 g/mol. The van der Waals surface area contributed by atoms with Crippen LogP contribution >= 0.6 is 15.9 Å². The van der Waals surface area contributed by atoms with Gasteiger partial charge in [-0.15, -0.1) is 0 Å². The van der Waals surface area contributed by atoms with E-state index in [-0.39, 0.29) is 0 Å². The maximum atomic E-state index is 6.16. The Morgan fingerprint density at radius 2 is 0.741 bits per heavy atom. The lowest BCUT2D eigenvalue weighted by Crippen LogP contribution is -1.97. The fourth-order valence-electron chi connectivity index (χ4n) is 7.86. The molecule has 0 unspecified atom stereocenters. The molecule has 4 aromatic carbocycles. The highest BCUT2D eigenvalue weighted by molar-refractivity contribution is 9.09. The van der Waals surface area contributed by atoms with Gasteiger partial charge in [0.25, 0.3) is 0 Å². The third-order valence-corrected chi connectivity index (χ3v) is 11.5. The Kier molecular flexibility index (Phi) is 10.5. The number of hydrogen-bond donors (Lipinski definition) is 2. The van der Waals surface area contributed by atoms with Crippen molar-refractivity contribution in [3.8, 4) is 50.3 Å². The molecule has 9 rings (SSSR count). The molecule has 5 nitrogen and oxygen atoms in total. The number of hydrogen-bond acceptors (Lipinski definition) is 3. The van der Waals surface area contributed by atoms with Crippen molar-refractivity contribution >= 4 is 62.3 Å². The van der Waals surface area contributed by atoms with Gasteiger partial charge in [-0.05, 0) is 123 Å². The number of alkyl halides is 1.